The van der Waals surface area contributed by atoms with Gasteiger partial charge in [-0.1, -0.05) is 156 Å². The number of hydrogen-bond acceptors (Lipinski definition) is 10. The molecule has 2 aromatic carbocycles. The third-order valence-corrected chi connectivity index (χ3v) is 20.9. The van der Waals surface area contributed by atoms with Gasteiger partial charge in [-0.3, -0.25) is 14.9 Å². The quantitative estimate of drug-likeness (QED) is 0.0128. The standard InChI is InChI=1S/C42H62N6O5S.C29H35ClN4O3/c1-9-12-13-14-15-16-17-18-19-20-25-54(50,51)46-33-21-22-37(52-8)35(28-33)39-44-40-36(29-34-31(5)26-30(4)27-32(34)6)38(43-7)41(48(40)45-39)53-42(49)47(23-10-2)24-11-3;1-7-29(8-2,16-35)28-32-25-22(15-21-18(4)13-17(3)14-19(21)5)24(31-6)26(34(25)33-28)37-27(36)20-11-9-10-12-23(20)30/h10-11,21-22,28,30-32,34,46H,2-3,9,12-20,23-27,29H2,1,4-6,8H3,(H,44,45);9-12,16-19,21H,7-8,13-15H2,1-5H3,(H,32,33). The topological polar surface area (TPSA) is 203 Å². The molecule has 18 nitrogen and oxygen atoms in total. The number of benzene rings is 2. The number of aldehydes is 1. The fraction of sp³-hybridized carbons (Fsp3) is 0.563. The van der Waals surface area contributed by atoms with Crippen LogP contribution >= 0.6 is 11.6 Å². The van der Waals surface area contributed by atoms with Crippen LogP contribution in [0.1, 0.15) is 192 Å². The van der Waals surface area contributed by atoms with Gasteiger partial charge in [-0.25, -0.2) is 46.7 Å². The molecule has 4 aromatic heterocycles. The van der Waals surface area contributed by atoms with Crippen molar-refractivity contribution in [3.05, 3.63) is 118 Å². The summed E-state index contributed by atoms with van der Waals surface area (Å²) in [7, 11) is -2.05. The number of carbonyl (C=O) groups is 3. The van der Waals surface area contributed by atoms with E-state index in [-0.39, 0.29) is 52.6 Å². The third-order valence-electron chi connectivity index (χ3n) is 19.2. The van der Waals surface area contributed by atoms with Gasteiger partial charge < -0.3 is 23.9 Å². The minimum atomic E-state index is -3.60. The van der Waals surface area contributed by atoms with Gasteiger partial charge in [-0.15, -0.1) is 13.2 Å². The number of fused-ring (bicyclic) bond motifs is 2. The van der Waals surface area contributed by atoms with Crippen LogP contribution in [0.4, 0.5) is 21.9 Å². The number of esters is 1. The maximum atomic E-state index is 13.5. The van der Waals surface area contributed by atoms with Crippen LogP contribution in [0.5, 0.6) is 17.5 Å². The first kappa shape index (κ1) is 71.1. The molecule has 4 heterocycles. The number of amides is 1. The van der Waals surface area contributed by atoms with Crippen LogP contribution in [-0.2, 0) is 33.1 Å². The van der Waals surface area contributed by atoms with Gasteiger partial charge >= 0.3 is 12.1 Å². The summed E-state index contributed by atoms with van der Waals surface area (Å²) in [5.41, 5.74) is 3.31. The number of carbonyl (C=O) groups excluding carboxylic acids is 3. The number of unbranched alkanes of at least 4 members (excludes halogenated alkanes) is 9. The van der Waals surface area contributed by atoms with Crippen LogP contribution in [0, 0.1) is 60.5 Å². The highest BCUT2D eigenvalue weighted by Crippen LogP contribution is 2.48. The van der Waals surface area contributed by atoms with Gasteiger partial charge in [-0.05, 0) is 135 Å². The lowest BCUT2D eigenvalue weighted by Gasteiger charge is -2.38. The third kappa shape index (κ3) is 17.0. The summed E-state index contributed by atoms with van der Waals surface area (Å²) < 4.78 is 49.7. The van der Waals surface area contributed by atoms with E-state index < -0.39 is 27.5 Å². The van der Waals surface area contributed by atoms with Crippen molar-refractivity contribution >= 4 is 68.3 Å². The molecule has 4 atom stereocenters. The van der Waals surface area contributed by atoms with E-state index in [4.69, 9.17) is 48.9 Å². The van der Waals surface area contributed by atoms with E-state index in [2.05, 4.69) is 86.2 Å². The molecule has 3 N–H and O–H groups in total. The highest BCUT2D eigenvalue weighted by molar-refractivity contribution is 7.92. The van der Waals surface area contributed by atoms with Crippen molar-refractivity contribution in [3.63, 3.8) is 0 Å². The van der Waals surface area contributed by atoms with Crippen molar-refractivity contribution in [3.8, 4) is 28.9 Å². The molecular weight excluding hydrogens is 1190 g/mol. The number of methoxy groups -OCH3 is 1. The number of sulfonamides is 1. The molecule has 2 aliphatic rings. The van der Waals surface area contributed by atoms with Crippen molar-refractivity contribution in [1.82, 2.24) is 34.1 Å². The first-order valence-electron chi connectivity index (χ1n) is 33.0. The largest absolute Gasteiger partial charge is 0.496 e. The number of ether oxygens (including phenoxy) is 3. The van der Waals surface area contributed by atoms with Crippen molar-refractivity contribution in [2.45, 2.75) is 183 Å². The van der Waals surface area contributed by atoms with E-state index in [0.29, 0.717) is 125 Å². The first-order chi connectivity index (χ1) is 43.6. The lowest BCUT2D eigenvalue weighted by atomic mass is 9.67. The van der Waals surface area contributed by atoms with E-state index >= 15 is 0 Å². The molecule has 1 amide bonds. The number of aromatic nitrogens is 6. The smallest absolute Gasteiger partial charge is 0.416 e. The van der Waals surface area contributed by atoms with Crippen molar-refractivity contribution in [1.29, 1.82) is 0 Å². The van der Waals surface area contributed by atoms with E-state index in [1.165, 1.54) is 43.4 Å². The van der Waals surface area contributed by atoms with Gasteiger partial charge in [0, 0.05) is 29.9 Å². The lowest BCUT2D eigenvalue weighted by molar-refractivity contribution is -0.113. The Balaban J connectivity index is 0.000000277. The van der Waals surface area contributed by atoms with Gasteiger partial charge in [0.25, 0.3) is 11.4 Å². The molecule has 0 radical (unpaired) electrons. The zero-order chi connectivity index (χ0) is 66.2. The molecule has 492 valence electrons. The lowest BCUT2D eigenvalue weighted by Crippen LogP contribution is -2.34. The summed E-state index contributed by atoms with van der Waals surface area (Å²) in [4.78, 5) is 57.8. The number of hydrogen-bond donors (Lipinski definition) is 3. The number of nitrogens with one attached hydrogen (secondary N) is 3. The molecule has 4 unspecified atom stereocenters. The van der Waals surface area contributed by atoms with Crippen LogP contribution in [0.2, 0.25) is 5.02 Å². The van der Waals surface area contributed by atoms with Crippen molar-refractivity contribution in [2.75, 3.05) is 30.7 Å². The van der Waals surface area contributed by atoms with E-state index in [0.717, 1.165) is 56.8 Å². The Morgan fingerprint density at radius 2 is 1.25 bits per heavy atom. The number of rotatable bonds is 30. The van der Waals surface area contributed by atoms with Crippen LogP contribution in [0.3, 0.4) is 0 Å². The summed E-state index contributed by atoms with van der Waals surface area (Å²) in [5, 5.41) is 6.74. The number of anilines is 1. The summed E-state index contributed by atoms with van der Waals surface area (Å²) >= 11 is 6.25. The number of H-pyrrole nitrogens is 2. The van der Waals surface area contributed by atoms with Crippen LogP contribution < -0.4 is 18.9 Å². The monoisotopic (exact) mass is 1280 g/mol. The molecule has 2 fully saturated rings. The van der Waals surface area contributed by atoms with E-state index in [9.17, 15) is 22.8 Å². The maximum absolute atomic E-state index is 13.5. The average Bonchev–Trinajstić information content (AvgIpc) is 1.60. The summed E-state index contributed by atoms with van der Waals surface area (Å²) in [6, 6.07) is 11.7. The Morgan fingerprint density at radius 3 is 1.75 bits per heavy atom. The second-order valence-electron chi connectivity index (χ2n) is 26.0. The highest BCUT2D eigenvalue weighted by Gasteiger charge is 2.39. The number of aromatic amines is 2. The zero-order valence-electron chi connectivity index (χ0n) is 55.3. The average molecular weight is 1290 g/mol. The Morgan fingerprint density at radius 1 is 0.747 bits per heavy atom. The Labute approximate surface area is 545 Å². The Bertz CT molecular complexity index is 3640. The molecule has 0 aliphatic heterocycles. The van der Waals surface area contributed by atoms with Crippen LogP contribution in [-0.4, -0.2) is 86.8 Å². The molecule has 20 heteroatoms. The first-order valence-corrected chi connectivity index (χ1v) is 35.0. The molecule has 0 bridgehead atoms. The fourth-order valence-corrected chi connectivity index (χ4v) is 15.6. The number of nitrogens with zero attached hydrogens (tertiary/aromatic N) is 7. The Kier molecular flexibility index (Phi) is 25.6. The van der Waals surface area contributed by atoms with E-state index in [1.807, 2.05) is 13.8 Å². The molecule has 0 spiro atoms. The minimum Gasteiger partial charge on any atom is -0.496 e. The normalized spacial score (nSPS) is 20.0. The fourth-order valence-electron chi connectivity index (χ4n) is 14.3. The van der Waals surface area contributed by atoms with Crippen molar-refractivity contribution in [2.24, 2.45) is 47.3 Å². The summed E-state index contributed by atoms with van der Waals surface area (Å²) in [6.45, 7) is 44.0. The molecule has 2 aliphatic carbocycles. The molecule has 6 aromatic rings. The van der Waals surface area contributed by atoms with Gasteiger partial charge in [-0.2, -0.15) is 0 Å². The second kappa shape index (κ2) is 32.8. The zero-order valence-corrected chi connectivity index (χ0v) is 56.9. The second-order valence-corrected chi connectivity index (χ2v) is 28.2. The molecular formula is C71H97ClN10O8S. The predicted octanol–water partition coefficient (Wildman–Crippen LogP) is 17.8. The number of halogens is 1. The summed E-state index contributed by atoms with van der Waals surface area (Å²) in [6.07, 6.45) is 21.6. The maximum Gasteiger partial charge on any atom is 0.416 e. The van der Waals surface area contributed by atoms with Crippen LogP contribution in [0.25, 0.3) is 32.4 Å². The van der Waals surface area contributed by atoms with Gasteiger partial charge in [0.2, 0.25) is 21.8 Å². The van der Waals surface area contributed by atoms with Gasteiger partial charge in [0.1, 0.15) is 29.2 Å². The highest BCUT2D eigenvalue weighted by atomic mass is 35.5. The Hall–Kier alpha value is -7.35. The predicted molar refractivity (Wildman–Crippen MR) is 363 cm³/mol. The molecule has 91 heavy (non-hydrogen) atoms. The van der Waals surface area contributed by atoms with Gasteiger partial charge in [0.05, 0.1) is 47.6 Å². The molecule has 2 saturated carbocycles. The molecule has 0 saturated heterocycles. The van der Waals surface area contributed by atoms with Crippen LogP contribution in [0.15, 0.2) is 67.8 Å². The summed E-state index contributed by atoms with van der Waals surface area (Å²) in [5.74, 6) is 4.68. The minimum absolute atomic E-state index is 0.0402. The van der Waals surface area contributed by atoms with Crippen molar-refractivity contribution < 1.29 is 37.0 Å². The molecule has 8 rings (SSSR count). The van der Waals surface area contributed by atoms with E-state index in [1.54, 1.807) is 70.8 Å². The van der Waals surface area contributed by atoms with Gasteiger partial charge in [0.15, 0.2) is 5.82 Å². The SMILES string of the molecule is [C-]#[N+]c1c(CC2C(C)CC(C)CC2C)c2nc(-c3cc(NS(=O)(=O)CCCCCCCCCCCC)ccc3OC)[nH]n2c1OC(=O)N(CC=C)CC=C.[C-]#[N+]c1c(CC2C(C)CC(C)CC2C)c2nc(C(C=O)(CC)CC)[nH]n2c1OC(=O)c1ccccc1Cl.